The van der Waals surface area contributed by atoms with Gasteiger partial charge in [-0.1, -0.05) is 196 Å². The molecule has 0 fully saturated rings. The molecule has 9 heteroatoms. The Hall–Kier alpha value is -3.62. The summed E-state index contributed by atoms with van der Waals surface area (Å²) in [6.45, 7) is 17.1. The Morgan fingerprint density at radius 1 is 0.292 bits per heavy atom. The van der Waals surface area contributed by atoms with Crippen molar-refractivity contribution in [2.75, 3.05) is 39.6 Å². The second kappa shape index (κ2) is 37.5. The van der Waals surface area contributed by atoms with Gasteiger partial charge in [0.05, 0.1) is 39.6 Å². The highest BCUT2D eigenvalue weighted by Gasteiger charge is 2.23. The second-order valence-corrected chi connectivity index (χ2v) is 18.1. The summed E-state index contributed by atoms with van der Waals surface area (Å²) in [5.41, 5.74) is 1.47. The van der Waals surface area contributed by atoms with Crippen LogP contribution in [0.5, 0.6) is 34.5 Å². The predicted molar refractivity (Wildman–Crippen MR) is 271 cm³/mol. The summed E-state index contributed by atoms with van der Waals surface area (Å²) in [6.07, 6.45) is 34.7. The number of ether oxygens (including phenoxy) is 6. The predicted octanol–water partition coefficient (Wildman–Crippen LogP) is 17.5. The van der Waals surface area contributed by atoms with Crippen molar-refractivity contribution in [2.24, 2.45) is 0 Å². The van der Waals surface area contributed by atoms with Gasteiger partial charge in [-0.3, -0.25) is 0 Å². The van der Waals surface area contributed by atoms with Crippen LogP contribution in [-0.2, 0) is 0 Å². The van der Waals surface area contributed by atoms with E-state index >= 15 is 0 Å². The van der Waals surface area contributed by atoms with Crippen LogP contribution in [0.25, 0.3) is 22.9 Å². The SMILES string of the molecule is CCCCCCCOc1cc(-c2nnc(-c3cc(OCCCCCCC)c(OCCCCCCC)c(OCCCCCCC)c3)o2)cc(OCCCCCCC)c1OCCCCCCC. The first kappa shape index (κ1) is 55.7. The number of hydrogen-bond donors (Lipinski definition) is 0. The van der Waals surface area contributed by atoms with Gasteiger partial charge in [-0.2, -0.15) is 0 Å². The first-order valence-electron chi connectivity index (χ1n) is 27.1. The lowest BCUT2D eigenvalue weighted by molar-refractivity contribution is 0.234. The highest BCUT2D eigenvalue weighted by Crippen LogP contribution is 2.45. The van der Waals surface area contributed by atoms with Crippen molar-refractivity contribution in [1.29, 1.82) is 0 Å². The summed E-state index contributed by atoms with van der Waals surface area (Å²) < 4.78 is 46.0. The number of aromatic nitrogens is 2. The largest absolute Gasteiger partial charge is 0.490 e. The molecule has 0 saturated heterocycles. The molecule has 65 heavy (non-hydrogen) atoms. The van der Waals surface area contributed by atoms with Gasteiger partial charge >= 0.3 is 0 Å². The minimum atomic E-state index is 0.385. The Kier molecular flexibility index (Phi) is 32.1. The van der Waals surface area contributed by atoms with E-state index in [9.17, 15) is 0 Å². The molecule has 3 aromatic rings. The van der Waals surface area contributed by atoms with E-state index in [0.29, 0.717) is 85.9 Å². The molecule has 370 valence electrons. The molecule has 1 aromatic heterocycles. The lowest BCUT2D eigenvalue weighted by atomic mass is 10.1. The van der Waals surface area contributed by atoms with Crippen molar-refractivity contribution >= 4 is 0 Å². The first-order valence-corrected chi connectivity index (χ1v) is 27.1. The summed E-state index contributed by atoms with van der Waals surface area (Å²) in [5, 5.41) is 9.26. The van der Waals surface area contributed by atoms with Crippen LogP contribution in [0.15, 0.2) is 28.7 Å². The molecule has 0 radical (unpaired) electrons. The summed E-state index contributed by atoms with van der Waals surface area (Å²) in [6, 6.07) is 7.95. The van der Waals surface area contributed by atoms with E-state index in [1.807, 2.05) is 24.3 Å². The third-order valence-corrected chi connectivity index (χ3v) is 12.0. The number of unbranched alkanes of at least 4 members (excludes halogenated alkanes) is 24. The average Bonchev–Trinajstić information content (AvgIpc) is 3.82. The van der Waals surface area contributed by atoms with E-state index < -0.39 is 0 Å². The maximum absolute atomic E-state index is 6.58. The molecule has 0 N–H and O–H groups in total. The number of benzene rings is 2. The quantitative estimate of drug-likeness (QED) is 0.0514. The molecule has 0 aliphatic heterocycles. The summed E-state index contributed by atoms with van der Waals surface area (Å²) in [5.74, 6) is 4.74. The monoisotopic (exact) mass is 907 g/mol. The minimum Gasteiger partial charge on any atom is -0.490 e. The van der Waals surface area contributed by atoms with Gasteiger partial charge in [0.25, 0.3) is 0 Å². The Morgan fingerprint density at radius 3 is 0.738 bits per heavy atom. The number of hydrogen-bond acceptors (Lipinski definition) is 9. The molecule has 0 saturated carbocycles. The van der Waals surface area contributed by atoms with Crippen LogP contribution in [0.1, 0.15) is 234 Å². The zero-order valence-corrected chi connectivity index (χ0v) is 42.5. The van der Waals surface area contributed by atoms with E-state index in [4.69, 9.17) is 32.8 Å². The van der Waals surface area contributed by atoms with Crippen molar-refractivity contribution < 1.29 is 32.8 Å². The normalized spacial score (nSPS) is 11.3. The lowest BCUT2D eigenvalue weighted by Gasteiger charge is -2.19. The second-order valence-electron chi connectivity index (χ2n) is 18.1. The fourth-order valence-electron chi connectivity index (χ4n) is 7.88. The first-order chi connectivity index (χ1) is 32.1. The number of rotatable bonds is 44. The van der Waals surface area contributed by atoms with Crippen LogP contribution in [0.3, 0.4) is 0 Å². The van der Waals surface area contributed by atoms with Crippen molar-refractivity contribution in [3.63, 3.8) is 0 Å². The molecule has 0 bridgehead atoms. The van der Waals surface area contributed by atoms with E-state index in [1.165, 1.54) is 116 Å². The van der Waals surface area contributed by atoms with Crippen molar-refractivity contribution in [2.45, 2.75) is 234 Å². The van der Waals surface area contributed by atoms with Crippen molar-refractivity contribution in [3.05, 3.63) is 24.3 Å². The summed E-state index contributed by atoms with van der Waals surface area (Å²) >= 11 is 0. The molecule has 0 atom stereocenters. The Morgan fingerprint density at radius 2 is 0.508 bits per heavy atom. The zero-order chi connectivity index (χ0) is 46.4. The molecule has 1 heterocycles. The van der Waals surface area contributed by atoms with Gasteiger partial charge < -0.3 is 32.8 Å². The number of nitrogens with zero attached hydrogens (tertiary/aromatic N) is 2. The molecule has 0 spiro atoms. The highest BCUT2D eigenvalue weighted by atomic mass is 16.5. The van der Waals surface area contributed by atoms with E-state index in [2.05, 4.69) is 51.7 Å². The van der Waals surface area contributed by atoms with Crippen LogP contribution in [0, 0.1) is 0 Å². The molecule has 2 aromatic carbocycles. The van der Waals surface area contributed by atoms with Crippen molar-refractivity contribution in [1.82, 2.24) is 10.2 Å². The van der Waals surface area contributed by atoms with Crippen LogP contribution in [0.4, 0.5) is 0 Å². The summed E-state index contributed by atoms with van der Waals surface area (Å²) in [7, 11) is 0. The minimum absolute atomic E-state index is 0.385. The standard InChI is InChI=1S/C56H94N2O7/c1-7-13-19-25-31-37-59-49-43-47(44-50(60-38-32-26-20-14-8-2)53(49)63-41-35-29-23-17-11-5)55-57-58-56(65-55)48-45-51(61-39-33-27-21-15-9-3)54(64-42-36-30-24-18-12-6)52(46-48)62-40-34-28-22-16-10-4/h43-46H,7-42H2,1-6H3. The molecule has 0 aliphatic rings. The molecule has 9 nitrogen and oxygen atoms in total. The topological polar surface area (TPSA) is 94.3 Å². The van der Waals surface area contributed by atoms with Crippen LogP contribution < -0.4 is 28.4 Å². The third-order valence-electron chi connectivity index (χ3n) is 12.0. The van der Waals surface area contributed by atoms with Gasteiger partial charge in [0, 0.05) is 11.1 Å². The molecular formula is C56H94N2O7. The molecule has 0 amide bonds. The maximum Gasteiger partial charge on any atom is 0.248 e. The Bertz CT molecular complexity index is 1400. The van der Waals surface area contributed by atoms with Gasteiger partial charge in [-0.05, 0) is 62.8 Å². The molecular weight excluding hydrogens is 813 g/mol. The highest BCUT2D eigenvalue weighted by molar-refractivity contribution is 5.69. The molecule has 0 aliphatic carbocycles. The smallest absolute Gasteiger partial charge is 0.248 e. The fourth-order valence-corrected chi connectivity index (χ4v) is 7.88. The third kappa shape index (κ3) is 23.6. The van der Waals surface area contributed by atoms with Gasteiger partial charge in [0.15, 0.2) is 23.0 Å². The van der Waals surface area contributed by atoms with Crippen LogP contribution in [0.2, 0.25) is 0 Å². The fraction of sp³-hybridized carbons (Fsp3) is 0.750. The molecule has 0 unspecified atom stereocenters. The Balaban J connectivity index is 2.02. The van der Waals surface area contributed by atoms with Gasteiger partial charge in [-0.15, -0.1) is 10.2 Å². The average molecular weight is 907 g/mol. The summed E-state index contributed by atoms with van der Waals surface area (Å²) in [4.78, 5) is 0. The Labute approximate surface area is 397 Å². The maximum atomic E-state index is 6.58. The lowest BCUT2D eigenvalue weighted by Crippen LogP contribution is -2.07. The van der Waals surface area contributed by atoms with Crippen LogP contribution >= 0.6 is 0 Å². The van der Waals surface area contributed by atoms with Crippen LogP contribution in [-0.4, -0.2) is 49.8 Å². The van der Waals surface area contributed by atoms with Gasteiger partial charge in [0.1, 0.15) is 0 Å². The van der Waals surface area contributed by atoms with Gasteiger partial charge in [-0.25, -0.2) is 0 Å². The molecule has 3 rings (SSSR count). The van der Waals surface area contributed by atoms with Gasteiger partial charge in [0.2, 0.25) is 23.3 Å². The van der Waals surface area contributed by atoms with E-state index in [0.717, 1.165) is 88.2 Å². The van der Waals surface area contributed by atoms with E-state index in [1.54, 1.807) is 0 Å². The van der Waals surface area contributed by atoms with Crippen molar-refractivity contribution in [3.8, 4) is 57.4 Å². The zero-order valence-electron chi connectivity index (χ0n) is 42.5. The van der Waals surface area contributed by atoms with E-state index in [-0.39, 0.29) is 0 Å².